The molecule has 0 bridgehead atoms. The lowest BCUT2D eigenvalue weighted by Gasteiger charge is -2.34. The zero-order valence-corrected chi connectivity index (χ0v) is 16.2. The third-order valence-electron chi connectivity index (χ3n) is 5.61. The smallest absolute Gasteiger partial charge is 0.348 e. The van der Waals surface area contributed by atoms with Gasteiger partial charge in [0.25, 0.3) is 0 Å². The van der Waals surface area contributed by atoms with Gasteiger partial charge in [-0.1, -0.05) is 24.3 Å². The molecular formula is C20H22F3N3OS. The molecule has 2 aromatic rings. The van der Waals surface area contributed by atoms with Crippen molar-refractivity contribution in [1.82, 2.24) is 9.88 Å². The SMILES string of the molecule is O=C(CC1CCN(c2nc(C(F)(F)F)cs2)CC1)N1CCc2ccccc2C1. The number of thiazole rings is 1. The van der Waals surface area contributed by atoms with E-state index in [2.05, 4.69) is 17.1 Å². The van der Waals surface area contributed by atoms with E-state index in [0.717, 1.165) is 42.5 Å². The molecule has 1 aromatic heterocycles. The Balaban J connectivity index is 1.29. The number of fused-ring (bicyclic) bond motifs is 1. The number of benzene rings is 1. The lowest BCUT2D eigenvalue weighted by molar-refractivity contribution is -0.140. The molecule has 4 nitrogen and oxygen atoms in total. The topological polar surface area (TPSA) is 36.4 Å². The number of hydrogen-bond donors (Lipinski definition) is 0. The second kappa shape index (κ2) is 7.73. The van der Waals surface area contributed by atoms with Gasteiger partial charge in [0.05, 0.1) is 0 Å². The van der Waals surface area contributed by atoms with Crippen molar-refractivity contribution in [2.24, 2.45) is 5.92 Å². The maximum atomic E-state index is 12.7. The zero-order chi connectivity index (χ0) is 19.7. The van der Waals surface area contributed by atoms with Crippen LogP contribution < -0.4 is 4.90 Å². The molecule has 0 spiro atoms. The van der Waals surface area contributed by atoms with Crippen molar-refractivity contribution in [2.45, 2.75) is 38.4 Å². The summed E-state index contributed by atoms with van der Waals surface area (Å²) in [5.74, 6) is 0.463. The van der Waals surface area contributed by atoms with Gasteiger partial charge < -0.3 is 9.80 Å². The van der Waals surface area contributed by atoms with Crippen molar-refractivity contribution in [3.05, 3.63) is 46.5 Å². The largest absolute Gasteiger partial charge is 0.434 e. The maximum absolute atomic E-state index is 12.7. The molecule has 28 heavy (non-hydrogen) atoms. The summed E-state index contributed by atoms with van der Waals surface area (Å²) in [5.41, 5.74) is 1.72. The number of carbonyl (C=O) groups excluding carboxylic acids is 1. The van der Waals surface area contributed by atoms with Gasteiger partial charge in [-0.25, -0.2) is 4.98 Å². The van der Waals surface area contributed by atoms with Crippen LogP contribution in [-0.4, -0.2) is 35.4 Å². The number of anilines is 1. The van der Waals surface area contributed by atoms with Crippen LogP contribution in [0.4, 0.5) is 18.3 Å². The normalized spacial score (nSPS) is 18.2. The van der Waals surface area contributed by atoms with E-state index < -0.39 is 11.9 Å². The minimum atomic E-state index is -4.40. The fourth-order valence-electron chi connectivity index (χ4n) is 3.95. The summed E-state index contributed by atoms with van der Waals surface area (Å²) in [7, 11) is 0. The molecule has 2 aliphatic rings. The molecule has 3 heterocycles. The van der Waals surface area contributed by atoms with Crippen LogP contribution in [0.15, 0.2) is 29.6 Å². The Morgan fingerprint density at radius 2 is 1.86 bits per heavy atom. The third-order valence-corrected chi connectivity index (χ3v) is 6.52. The molecule has 0 aliphatic carbocycles. The number of nitrogens with zero attached hydrogens (tertiary/aromatic N) is 3. The van der Waals surface area contributed by atoms with E-state index in [1.807, 2.05) is 21.9 Å². The predicted octanol–water partition coefficient (Wildman–Crippen LogP) is 4.35. The highest BCUT2D eigenvalue weighted by Crippen LogP contribution is 2.34. The van der Waals surface area contributed by atoms with Gasteiger partial charge in [-0.2, -0.15) is 13.2 Å². The molecule has 1 aromatic carbocycles. The van der Waals surface area contributed by atoms with Crippen LogP contribution in [0.1, 0.15) is 36.1 Å². The number of hydrogen-bond acceptors (Lipinski definition) is 4. The van der Waals surface area contributed by atoms with E-state index in [9.17, 15) is 18.0 Å². The zero-order valence-electron chi connectivity index (χ0n) is 15.4. The highest BCUT2D eigenvalue weighted by molar-refractivity contribution is 7.13. The van der Waals surface area contributed by atoms with Crippen molar-refractivity contribution >= 4 is 22.4 Å². The van der Waals surface area contributed by atoms with Crippen LogP contribution in [0.5, 0.6) is 0 Å². The summed E-state index contributed by atoms with van der Waals surface area (Å²) in [4.78, 5) is 20.3. The van der Waals surface area contributed by atoms with Crippen molar-refractivity contribution in [1.29, 1.82) is 0 Å². The number of carbonyl (C=O) groups is 1. The molecule has 150 valence electrons. The Kier molecular flexibility index (Phi) is 5.31. The monoisotopic (exact) mass is 409 g/mol. The average molecular weight is 409 g/mol. The molecule has 0 unspecified atom stereocenters. The van der Waals surface area contributed by atoms with E-state index in [0.29, 0.717) is 31.2 Å². The summed E-state index contributed by atoms with van der Waals surface area (Å²) in [6.45, 7) is 2.72. The minimum Gasteiger partial charge on any atom is -0.348 e. The van der Waals surface area contributed by atoms with Crippen LogP contribution in [-0.2, 0) is 23.9 Å². The Morgan fingerprint density at radius 3 is 2.54 bits per heavy atom. The van der Waals surface area contributed by atoms with Crippen molar-refractivity contribution in [3.63, 3.8) is 0 Å². The van der Waals surface area contributed by atoms with E-state index in [1.165, 1.54) is 11.1 Å². The molecule has 1 saturated heterocycles. The summed E-state index contributed by atoms with van der Waals surface area (Å²) in [6, 6.07) is 8.24. The van der Waals surface area contributed by atoms with Gasteiger partial charge >= 0.3 is 6.18 Å². The number of halogens is 3. The Morgan fingerprint density at radius 1 is 1.14 bits per heavy atom. The molecular weight excluding hydrogens is 387 g/mol. The molecule has 1 amide bonds. The number of alkyl halides is 3. The minimum absolute atomic E-state index is 0.182. The van der Waals surface area contributed by atoms with E-state index in [4.69, 9.17) is 0 Å². The van der Waals surface area contributed by atoms with Crippen LogP contribution >= 0.6 is 11.3 Å². The van der Waals surface area contributed by atoms with Gasteiger partial charge in [-0.3, -0.25) is 4.79 Å². The van der Waals surface area contributed by atoms with Gasteiger partial charge in [0.1, 0.15) is 0 Å². The highest BCUT2D eigenvalue weighted by atomic mass is 32.1. The van der Waals surface area contributed by atoms with Crippen molar-refractivity contribution in [3.8, 4) is 0 Å². The first-order valence-electron chi connectivity index (χ1n) is 9.52. The first-order valence-corrected chi connectivity index (χ1v) is 10.4. The highest BCUT2D eigenvalue weighted by Gasteiger charge is 2.35. The van der Waals surface area contributed by atoms with Crippen LogP contribution in [0, 0.1) is 5.92 Å². The predicted molar refractivity (Wildman–Crippen MR) is 102 cm³/mol. The molecule has 0 atom stereocenters. The Bertz CT molecular complexity index is 843. The van der Waals surface area contributed by atoms with E-state index >= 15 is 0 Å². The van der Waals surface area contributed by atoms with Gasteiger partial charge in [0.2, 0.25) is 5.91 Å². The number of rotatable bonds is 3. The third kappa shape index (κ3) is 4.16. The fraction of sp³-hybridized carbons (Fsp3) is 0.500. The molecule has 0 radical (unpaired) electrons. The number of aromatic nitrogens is 1. The summed E-state index contributed by atoms with van der Waals surface area (Å²) >= 11 is 1.03. The molecule has 0 saturated carbocycles. The summed E-state index contributed by atoms with van der Waals surface area (Å²) in [5, 5.41) is 1.49. The fourth-order valence-corrected chi connectivity index (χ4v) is 4.84. The molecule has 1 fully saturated rings. The summed E-state index contributed by atoms with van der Waals surface area (Å²) in [6.07, 6.45) is -1.38. The molecule has 2 aliphatic heterocycles. The average Bonchev–Trinajstić information content (AvgIpc) is 3.19. The number of piperidine rings is 1. The van der Waals surface area contributed by atoms with Gasteiger partial charge in [-0.15, -0.1) is 11.3 Å². The number of amides is 1. The van der Waals surface area contributed by atoms with E-state index in [-0.39, 0.29) is 11.8 Å². The summed E-state index contributed by atoms with van der Waals surface area (Å²) < 4.78 is 38.2. The van der Waals surface area contributed by atoms with Crippen LogP contribution in [0.25, 0.3) is 0 Å². The van der Waals surface area contributed by atoms with Crippen LogP contribution in [0.3, 0.4) is 0 Å². The maximum Gasteiger partial charge on any atom is 0.434 e. The Hall–Kier alpha value is -2.09. The van der Waals surface area contributed by atoms with E-state index in [1.54, 1.807) is 0 Å². The van der Waals surface area contributed by atoms with Gasteiger partial charge in [0.15, 0.2) is 10.8 Å². The molecule has 8 heteroatoms. The van der Waals surface area contributed by atoms with Crippen LogP contribution in [0.2, 0.25) is 0 Å². The first kappa shape index (κ1) is 19.2. The Labute approximate surface area is 166 Å². The first-order chi connectivity index (χ1) is 13.4. The van der Waals surface area contributed by atoms with Gasteiger partial charge in [0, 0.05) is 38.0 Å². The van der Waals surface area contributed by atoms with Gasteiger partial charge in [-0.05, 0) is 36.3 Å². The second-order valence-corrected chi connectivity index (χ2v) is 8.32. The van der Waals surface area contributed by atoms with Crippen molar-refractivity contribution in [2.75, 3.05) is 24.5 Å². The lowest BCUT2D eigenvalue weighted by atomic mass is 9.92. The quantitative estimate of drug-likeness (QED) is 0.756. The van der Waals surface area contributed by atoms with Crippen molar-refractivity contribution < 1.29 is 18.0 Å². The lowest BCUT2D eigenvalue weighted by Crippen LogP contribution is -2.39. The second-order valence-electron chi connectivity index (χ2n) is 7.48. The molecule has 0 N–H and O–H groups in total. The molecule has 4 rings (SSSR count). The standard InChI is InChI=1S/C20H22F3N3OS/c21-20(22,23)17-13-28-19(24-17)25-8-5-14(6-9-25)11-18(27)26-10-7-15-3-1-2-4-16(15)12-26/h1-4,13-14H,5-12H2.